The molecule has 2 aliphatic rings. The summed E-state index contributed by atoms with van der Waals surface area (Å²) in [5.74, 6) is 0.810. The van der Waals surface area contributed by atoms with Crippen molar-refractivity contribution in [3.05, 3.63) is 35.4 Å². The lowest BCUT2D eigenvalue weighted by Crippen LogP contribution is -2.37. The van der Waals surface area contributed by atoms with Crippen LogP contribution in [-0.2, 0) is 0 Å². The summed E-state index contributed by atoms with van der Waals surface area (Å²) in [6.45, 7) is 2.16. The lowest BCUT2D eigenvalue weighted by molar-refractivity contribution is 0.363. The molecule has 0 aromatic heterocycles. The van der Waals surface area contributed by atoms with Crippen molar-refractivity contribution in [2.75, 3.05) is 0 Å². The monoisotopic (exact) mass is 201 g/mol. The molecule has 2 aliphatic heterocycles. The Morgan fingerprint density at radius 2 is 1.60 bits per heavy atom. The molecule has 15 heavy (non-hydrogen) atoms. The van der Waals surface area contributed by atoms with Gasteiger partial charge in [-0.15, -0.1) is 0 Å². The van der Waals surface area contributed by atoms with Crippen molar-refractivity contribution >= 4 is 0 Å². The predicted molar refractivity (Wildman–Crippen MR) is 63.1 cm³/mol. The fourth-order valence-electron chi connectivity index (χ4n) is 3.17. The van der Waals surface area contributed by atoms with Crippen molar-refractivity contribution in [3.63, 3.8) is 0 Å². The Bertz CT molecular complexity index is 329. The largest absolute Gasteiger partial charge is 0.311 e. The Kier molecular flexibility index (Phi) is 2.28. The van der Waals surface area contributed by atoms with Crippen LogP contribution in [0, 0.1) is 6.92 Å². The topological polar surface area (TPSA) is 12.0 Å². The van der Waals surface area contributed by atoms with Gasteiger partial charge in [-0.1, -0.05) is 29.8 Å². The molecule has 3 atom stereocenters. The van der Waals surface area contributed by atoms with Gasteiger partial charge in [-0.3, -0.25) is 0 Å². The zero-order chi connectivity index (χ0) is 10.3. The predicted octanol–water partition coefficient (Wildman–Crippen LogP) is 2.99. The molecule has 1 aromatic carbocycles. The Hall–Kier alpha value is -0.820. The van der Waals surface area contributed by atoms with E-state index in [0.717, 1.165) is 18.0 Å². The zero-order valence-corrected chi connectivity index (χ0v) is 9.37. The number of aryl methyl sites for hydroxylation is 1. The number of hydrogen-bond acceptors (Lipinski definition) is 1. The fraction of sp³-hybridized carbons (Fsp3) is 0.571. The maximum absolute atomic E-state index is 3.70. The van der Waals surface area contributed by atoms with E-state index in [1.807, 2.05) is 0 Å². The summed E-state index contributed by atoms with van der Waals surface area (Å²) in [7, 11) is 0. The van der Waals surface area contributed by atoms with E-state index >= 15 is 0 Å². The standard InChI is InChI=1S/C14H19N/c1-10-2-4-11(5-3-10)12-8-13-6-7-14(9-12)15-13/h2-5,12-15H,6-9H2,1H3/t12?,13-,14?/m0/s1. The molecule has 1 heteroatoms. The molecule has 2 heterocycles. The van der Waals surface area contributed by atoms with Gasteiger partial charge in [0.05, 0.1) is 0 Å². The summed E-state index contributed by atoms with van der Waals surface area (Å²) >= 11 is 0. The summed E-state index contributed by atoms with van der Waals surface area (Å²) in [5, 5.41) is 3.70. The number of nitrogens with one attached hydrogen (secondary N) is 1. The molecule has 80 valence electrons. The van der Waals surface area contributed by atoms with Crippen LogP contribution in [0.4, 0.5) is 0 Å². The number of benzene rings is 1. The first-order chi connectivity index (χ1) is 7.31. The lowest BCUT2D eigenvalue weighted by Gasteiger charge is -2.29. The number of piperidine rings is 1. The quantitative estimate of drug-likeness (QED) is 0.736. The first-order valence-electron chi connectivity index (χ1n) is 6.14. The van der Waals surface area contributed by atoms with Crippen molar-refractivity contribution < 1.29 is 0 Å². The van der Waals surface area contributed by atoms with Crippen LogP contribution in [0.1, 0.15) is 42.7 Å². The van der Waals surface area contributed by atoms with Crippen molar-refractivity contribution in [2.24, 2.45) is 0 Å². The average molecular weight is 201 g/mol. The second kappa shape index (κ2) is 3.64. The summed E-state index contributed by atoms with van der Waals surface area (Å²) in [5.41, 5.74) is 2.93. The summed E-state index contributed by atoms with van der Waals surface area (Å²) in [4.78, 5) is 0. The number of hydrogen-bond donors (Lipinski definition) is 1. The SMILES string of the molecule is Cc1ccc(C2CC3CC[C@@H](C2)N3)cc1. The van der Waals surface area contributed by atoms with Crippen molar-refractivity contribution in [1.29, 1.82) is 0 Å². The average Bonchev–Trinajstić information content (AvgIpc) is 2.59. The van der Waals surface area contributed by atoms with Gasteiger partial charge in [0.15, 0.2) is 0 Å². The molecular formula is C14H19N. The van der Waals surface area contributed by atoms with E-state index in [4.69, 9.17) is 0 Å². The van der Waals surface area contributed by atoms with Crippen molar-refractivity contribution in [3.8, 4) is 0 Å². The molecule has 1 N–H and O–H groups in total. The van der Waals surface area contributed by atoms with Crippen LogP contribution >= 0.6 is 0 Å². The number of rotatable bonds is 1. The van der Waals surface area contributed by atoms with Gasteiger partial charge in [-0.2, -0.15) is 0 Å². The van der Waals surface area contributed by atoms with Gasteiger partial charge in [0.2, 0.25) is 0 Å². The van der Waals surface area contributed by atoms with Gasteiger partial charge in [0.25, 0.3) is 0 Å². The van der Waals surface area contributed by atoms with Gasteiger partial charge in [0, 0.05) is 12.1 Å². The van der Waals surface area contributed by atoms with Crippen molar-refractivity contribution in [2.45, 2.75) is 50.6 Å². The molecule has 0 spiro atoms. The van der Waals surface area contributed by atoms with Crippen LogP contribution in [-0.4, -0.2) is 12.1 Å². The minimum Gasteiger partial charge on any atom is -0.311 e. The van der Waals surface area contributed by atoms with Crippen LogP contribution in [0.5, 0.6) is 0 Å². The van der Waals surface area contributed by atoms with E-state index in [2.05, 4.69) is 36.5 Å². The Balaban J connectivity index is 1.80. The van der Waals surface area contributed by atoms with Gasteiger partial charge in [0.1, 0.15) is 0 Å². The van der Waals surface area contributed by atoms with Crippen LogP contribution in [0.25, 0.3) is 0 Å². The highest BCUT2D eigenvalue weighted by Gasteiger charge is 2.33. The molecule has 2 bridgehead atoms. The third kappa shape index (κ3) is 1.81. The second-order valence-electron chi connectivity index (χ2n) is 5.22. The van der Waals surface area contributed by atoms with Crippen LogP contribution in [0.15, 0.2) is 24.3 Å². The van der Waals surface area contributed by atoms with Crippen LogP contribution < -0.4 is 5.32 Å². The van der Waals surface area contributed by atoms with Crippen LogP contribution in [0.3, 0.4) is 0 Å². The molecule has 0 aliphatic carbocycles. The van der Waals surface area contributed by atoms with Gasteiger partial charge in [-0.25, -0.2) is 0 Å². The van der Waals surface area contributed by atoms with Gasteiger partial charge < -0.3 is 5.32 Å². The minimum atomic E-state index is 0.801. The molecular weight excluding hydrogens is 182 g/mol. The highest BCUT2D eigenvalue weighted by molar-refractivity contribution is 5.25. The highest BCUT2D eigenvalue weighted by atomic mass is 15.0. The van der Waals surface area contributed by atoms with Gasteiger partial charge >= 0.3 is 0 Å². The molecule has 2 unspecified atom stereocenters. The highest BCUT2D eigenvalue weighted by Crippen LogP contribution is 2.36. The third-order valence-corrected chi connectivity index (χ3v) is 4.02. The molecule has 0 radical (unpaired) electrons. The lowest BCUT2D eigenvalue weighted by atomic mass is 9.86. The van der Waals surface area contributed by atoms with E-state index in [9.17, 15) is 0 Å². The molecule has 2 fully saturated rings. The first-order valence-corrected chi connectivity index (χ1v) is 6.14. The summed E-state index contributed by atoms with van der Waals surface area (Å²) in [6.07, 6.45) is 5.49. The smallest absolute Gasteiger partial charge is 0.00760 e. The Labute approximate surface area is 91.9 Å². The first kappa shape index (κ1) is 9.41. The summed E-state index contributed by atoms with van der Waals surface area (Å²) < 4.78 is 0. The fourth-order valence-corrected chi connectivity index (χ4v) is 3.17. The van der Waals surface area contributed by atoms with Crippen LogP contribution in [0.2, 0.25) is 0 Å². The Morgan fingerprint density at radius 3 is 2.20 bits per heavy atom. The summed E-state index contributed by atoms with van der Waals surface area (Å²) in [6, 6.07) is 10.7. The molecule has 0 amide bonds. The maximum Gasteiger partial charge on any atom is 0.00760 e. The molecule has 1 nitrogen and oxygen atoms in total. The van der Waals surface area contributed by atoms with E-state index in [0.29, 0.717) is 0 Å². The van der Waals surface area contributed by atoms with E-state index in [1.54, 1.807) is 5.56 Å². The van der Waals surface area contributed by atoms with E-state index in [-0.39, 0.29) is 0 Å². The third-order valence-electron chi connectivity index (χ3n) is 4.02. The Morgan fingerprint density at radius 1 is 1.00 bits per heavy atom. The minimum absolute atomic E-state index is 0.801. The maximum atomic E-state index is 3.70. The normalized spacial score (nSPS) is 34.3. The molecule has 2 saturated heterocycles. The molecule has 1 aromatic rings. The van der Waals surface area contributed by atoms with Crippen molar-refractivity contribution in [1.82, 2.24) is 5.32 Å². The van der Waals surface area contributed by atoms with Gasteiger partial charge in [-0.05, 0) is 44.1 Å². The van der Waals surface area contributed by atoms with E-state index < -0.39 is 0 Å². The molecule has 3 rings (SSSR count). The second-order valence-corrected chi connectivity index (χ2v) is 5.22. The number of fused-ring (bicyclic) bond motifs is 2. The molecule has 0 saturated carbocycles. The van der Waals surface area contributed by atoms with E-state index in [1.165, 1.54) is 31.2 Å². The zero-order valence-electron chi connectivity index (χ0n) is 9.37.